The third kappa shape index (κ3) is 4.17. The first-order valence-electron chi connectivity index (χ1n) is 12.8. The first-order chi connectivity index (χ1) is 14.4. The summed E-state index contributed by atoms with van der Waals surface area (Å²) >= 11 is 0. The molecule has 4 saturated carbocycles. The molecule has 4 aliphatic rings. The molecule has 31 heavy (non-hydrogen) atoms. The summed E-state index contributed by atoms with van der Waals surface area (Å²) in [5.74, 6) is 4.92. The van der Waals surface area contributed by atoms with Gasteiger partial charge in [0, 0.05) is 5.92 Å². The number of fused-ring (bicyclic) bond motifs is 9. The summed E-state index contributed by atoms with van der Waals surface area (Å²) in [4.78, 5) is 25.6. The predicted octanol–water partition coefficient (Wildman–Crippen LogP) is 6.41. The van der Waals surface area contributed by atoms with Gasteiger partial charge in [0.15, 0.2) is 0 Å². The molecule has 0 amide bonds. The summed E-state index contributed by atoms with van der Waals surface area (Å²) in [6.07, 6.45) is 7.50. The van der Waals surface area contributed by atoms with Crippen molar-refractivity contribution in [1.82, 2.24) is 0 Å². The van der Waals surface area contributed by atoms with E-state index in [-0.39, 0.29) is 5.97 Å². The fraction of sp³-hybridized carbons (Fsp3) is 0.926. The third-order valence-electron chi connectivity index (χ3n) is 9.26. The van der Waals surface area contributed by atoms with E-state index in [9.17, 15) is 9.59 Å². The molecule has 4 nitrogen and oxygen atoms in total. The maximum atomic E-state index is 13.0. The maximum Gasteiger partial charge on any atom is 0.350 e. The lowest BCUT2D eigenvalue weighted by atomic mass is 9.64. The normalized spacial score (nSPS) is 36.0. The van der Waals surface area contributed by atoms with Crippen molar-refractivity contribution in [3.63, 3.8) is 0 Å². The van der Waals surface area contributed by atoms with Gasteiger partial charge in [0.05, 0.1) is 5.41 Å². The lowest BCUT2D eigenvalue weighted by Gasteiger charge is -2.45. The molecular weight excluding hydrogens is 388 g/mol. The molecule has 0 radical (unpaired) electrons. The number of rotatable bonds is 6. The van der Waals surface area contributed by atoms with Crippen LogP contribution in [-0.4, -0.2) is 23.1 Å². The fourth-order valence-electron chi connectivity index (χ4n) is 7.36. The van der Waals surface area contributed by atoms with Crippen molar-refractivity contribution >= 4 is 11.9 Å². The van der Waals surface area contributed by atoms with Crippen molar-refractivity contribution in [2.75, 3.05) is 0 Å². The van der Waals surface area contributed by atoms with E-state index in [0.29, 0.717) is 18.3 Å². The van der Waals surface area contributed by atoms with Crippen LogP contribution in [0.25, 0.3) is 0 Å². The summed E-state index contributed by atoms with van der Waals surface area (Å²) in [5, 5.41) is 0. The van der Waals surface area contributed by atoms with Gasteiger partial charge in [0.2, 0.25) is 5.60 Å². The minimum Gasteiger partial charge on any atom is -0.456 e. The number of hydrogen-bond acceptors (Lipinski definition) is 4. The van der Waals surface area contributed by atoms with Crippen molar-refractivity contribution in [2.45, 2.75) is 112 Å². The van der Waals surface area contributed by atoms with E-state index < -0.39 is 22.6 Å². The van der Waals surface area contributed by atoms with Crippen LogP contribution in [-0.2, 0) is 19.1 Å². The molecule has 7 atom stereocenters. The highest BCUT2D eigenvalue weighted by Gasteiger charge is 2.64. The van der Waals surface area contributed by atoms with Gasteiger partial charge in [-0.3, -0.25) is 4.79 Å². The Hall–Kier alpha value is -1.06. The van der Waals surface area contributed by atoms with Crippen LogP contribution in [0, 0.1) is 46.8 Å². The highest BCUT2D eigenvalue weighted by atomic mass is 16.6. The van der Waals surface area contributed by atoms with E-state index in [1.807, 2.05) is 34.6 Å². The Balaban J connectivity index is 0.00000132. The Morgan fingerprint density at radius 3 is 1.94 bits per heavy atom. The maximum absolute atomic E-state index is 13.0. The second-order valence-corrected chi connectivity index (χ2v) is 12.1. The fourth-order valence-corrected chi connectivity index (χ4v) is 7.36. The Morgan fingerprint density at radius 2 is 1.35 bits per heavy atom. The molecule has 0 aromatic heterocycles. The van der Waals surface area contributed by atoms with E-state index in [0.717, 1.165) is 29.6 Å². The minimum atomic E-state index is -1.27. The molecule has 0 aliphatic heterocycles. The quantitative estimate of drug-likeness (QED) is 0.358. The van der Waals surface area contributed by atoms with Crippen LogP contribution >= 0.6 is 0 Å². The van der Waals surface area contributed by atoms with Crippen LogP contribution < -0.4 is 0 Å². The van der Waals surface area contributed by atoms with Crippen LogP contribution in [0.1, 0.15) is 101 Å². The highest BCUT2D eigenvalue weighted by Crippen LogP contribution is 2.70. The SMILES string of the molecule is CC.CCC(C)(C)C(=O)OC(C)(C)C(=O)OC(C)(C)C1CC2CC1C1C3CCC(C3)C21. The molecule has 0 aromatic rings. The number of carbonyl (C=O) groups excluding carboxylic acids is 2. The molecule has 0 N–H and O–H groups in total. The van der Waals surface area contributed by atoms with Gasteiger partial charge in [0.1, 0.15) is 5.60 Å². The monoisotopic (exact) mass is 434 g/mol. The second kappa shape index (κ2) is 8.37. The van der Waals surface area contributed by atoms with Crippen molar-refractivity contribution in [1.29, 1.82) is 0 Å². The van der Waals surface area contributed by atoms with E-state index in [2.05, 4.69) is 13.8 Å². The third-order valence-corrected chi connectivity index (χ3v) is 9.26. The molecule has 4 rings (SSSR count). The van der Waals surface area contributed by atoms with Crippen molar-refractivity contribution in [2.24, 2.45) is 46.8 Å². The molecule has 7 unspecified atom stereocenters. The predicted molar refractivity (Wildman–Crippen MR) is 123 cm³/mol. The van der Waals surface area contributed by atoms with E-state index >= 15 is 0 Å². The van der Waals surface area contributed by atoms with Gasteiger partial charge < -0.3 is 9.47 Å². The molecule has 0 heterocycles. The summed E-state index contributed by atoms with van der Waals surface area (Å²) in [6, 6.07) is 0. The van der Waals surface area contributed by atoms with Crippen LogP contribution in [0.5, 0.6) is 0 Å². The zero-order valence-corrected chi connectivity index (χ0v) is 21.4. The van der Waals surface area contributed by atoms with E-state index in [1.54, 1.807) is 13.8 Å². The van der Waals surface area contributed by atoms with E-state index in [1.165, 1.54) is 32.1 Å². The van der Waals surface area contributed by atoms with Crippen molar-refractivity contribution < 1.29 is 19.1 Å². The highest BCUT2D eigenvalue weighted by molar-refractivity contribution is 5.84. The van der Waals surface area contributed by atoms with Gasteiger partial charge >= 0.3 is 11.9 Å². The minimum absolute atomic E-state index is 0.343. The average molecular weight is 435 g/mol. The summed E-state index contributed by atoms with van der Waals surface area (Å²) in [6.45, 7) is 17.1. The Kier molecular flexibility index (Phi) is 6.64. The molecule has 4 aliphatic carbocycles. The standard InChI is InChI=1S/C25H40O4.C2H6/c1-8-23(2,3)21(26)28-25(6,7)22(27)29-24(4,5)18-13-16-12-17(18)20-15-10-9-14(11-15)19(16)20;1-2/h14-20H,8-13H2,1-7H3;1-2H3. The van der Waals surface area contributed by atoms with Gasteiger partial charge in [-0.05, 0) is 116 Å². The van der Waals surface area contributed by atoms with Gasteiger partial charge in [-0.15, -0.1) is 0 Å². The smallest absolute Gasteiger partial charge is 0.350 e. The number of ether oxygens (including phenoxy) is 2. The second-order valence-electron chi connectivity index (χ2n) is 12.1. The molecule has 4 fully saturated rings. The largest absolute Gasteiger partial charge is 0.456 e. The number of esters is 2. The van der Waals surface area contributed by atoms with Gasteiger partial charge in [-0.2, -0.15) is 0 Å². The summed E-state index contributed by atoms with van der Waals surface area (Å²) in [7, 11) is 0. The summed E-state index contributed by atoms with van der Waals surface area (Å²) in [5.41, 5.74) is -2.39. The van der Waals surface area contributed by atoms with Gasteiger partial charge in [-0.1, -0.05) is 20.8 Å². The number of hydrogen-bond donors (Lipinski definition) is 0. The zero-order valence-electron chi connectivity index (χ0n) is 21.4. The topological polar surface area (TPSA) is 52.6 Å². The molecule has 4 heteroatoms. The average Bonchev–Trinajstić information content (AvgIpc) is 3.47. The first-order valence-corrected chi connectivity index (χ1v) is 12.8. The Bertz CT molecular complexity index is 691. The summed E-state index contributed by atoms with van der Waals surface area (Å²) < 4.78 is 11.7. The molecular formula is C27H46O4. The zero-order chi connectivity index (χ0) is 23.4. The molecule has 4 bridgehead atoms. The van der Waals surface area contributed by atoms with E-state index in [4.69, 9.17) is 9.47 Å². The molecule has 178 valence electrons. The Labute approximate surface area is 190 Å². The van der Waals surface area contributed by atoms with Crippen LogP contribution in [0.4, 0.5) is 0 Å². The Morgan fingerprint density at radius 1 is 0.774 bits per heavy atom. The molecule has 0 aromatic carbocycles. The molecule has 0 spiro atoms. The molecule has 0 saturated heterocycles. The lowest BCUT2D eigenvalue weighted by Crippen LogP contribution is -2.49. The van der Waals surface area contributed by atoms with Crippen LogP contribution in [0.15, 0.2) is 0 Å². The van der Waals surface area contributed by atoms with Crippen molar-refractivity contribution in [3.8, 4) is 0 Å². The van der Waals surface area contributed by atoms with Crippen molar-refractivity contribution in [3.05, 3.63) is 0 Å². The van der Waals surface area contributed by atoms with Crippen LogP contribution in [0.2, 0.25) is 0 Å². The van der Waals surface area contributed by atoms with Crippen LogP contribution in [0.3, 0.4) is 0 Å². The van der Waals surface area contributed by atoms with Gasteiger partial charge in [-0.25, -0.2) is 4.79 Å². The van der Waals surface area contributed by atoms with Gasteiger partial charge in [0.25, 0.3) is 0 Å². The number of carbonyl (C=O) groups is 2. The first kappa shape index (κ1) is 24.6. The lowest BCUT2D eigenvalue weighted by molar-refractivity contribution is -0.197.